The number of carbonyl (C=O) groups excluding carboxylic acids is 1. The van der Waals surface area contributed by atoms with Gasteiger partial charge in [-0.15, -0.1) is 0 Å². The molecule has 0 saturated carbocycles. The molecule has 30 heavy (non-hydrogen) atoms. The Kier molecular flexibility index (Phi) is 7.01. The molecule has 0 bridgehead atoms. The number of nitriles is 1. The summed E-state index contributed by atoms with van der Waals surface area (Å²) in [4.78, 5) is 29.6. The van der Waals surface area contributed by atoms with Gasteiger partial charge in [-0.25, -0.2) is 4.68 Å². The topological polar surface area (TPSA) is 82.2 Å². The minimum absolute atomic E-state index is 0.111. The summed E-state index contributed by atoms with van der Waals surface area (Å²) in [5.41, 5.74) is 3.56. The van der Waals surface area contributed by atoms with Crippen molar-refractivity contribution >= 4 is 5.91 Å². The maximum Gasteiger partial charge on any atom is 0.285 e. The third kappa shape index (κ3) is 4.77. The van der Waals surface area contributed by atoms with E-state index in [1.54, 1.807) is 4.90 Å². The molecule has 158 valence electrons. The summed E-state index contributed by atoms with van der Waals surface area (Å²) in [6, 6.07) is 10.5. The number of carbonyl (C=O) groups is 1. The Labute approximate surface area is 177 Å². The van der Waals surface area contributed by atoms with Crippen molar-refractivity contribution in [1.82, 2.24) is 19.6 Å². The number of aromatic nitrogens is 2. The molecule has 0 radical (unpaired) electrons. The van der Waals surface area contributed by atoms with Gasteiger partial charge in [0.25, 0.3) is 5.56 Å². The van der Waals surface area contributed by atoms with Crippen LogP contribution in [0, 0.1) is 18.3 Å². The number of hydrogen-bond donors (Lipinski definition) is 0. The molecule has 0 atom stereocenters. The van der Waals surface area contributed by atoms with Crippen molar-refractivity contribution in [3.63, 3.8) is 0 Å². The maximum atomic E-state index is 12.8. The molecular formula is C23H29N5O2. The predicted molar refractivity (Wildman–Crippen MR) is 115 cm³/mol. The second kappa shape index (κ2) is 9.68. The summed E-state index contributed by atoms with van der Waals surface area (Å²) in [5.74, 6) is -0.130. The molecule has 7 nitrogen and oxygen atoms in total. The van der Waals surface area contributed by atoms with Gasteiger partial charge in [0.15, 0.2) is 0 Å². The van der Waals surface area contributed by atoms with Gasteiger partial charge < -0.3 is 4.90 Å². The summed E-state index contributed by atoms with van der Waals surface area (Å²) in [7, 11) is 0. The number of amides is 1. The first-order valence-electron chi connectivity index (χ1n) is 10.5. The standard InChI is InChI=1S/C23H29N5O2/c1-4-19-20(14-24)23(30)28(25-21(19)5-2)16-22(29)27-11-9-26(10-12-27)15-18-8-6-7-17(3)13-18/h6-8,13H,4-5,9-12,15-16H2,1-3H3. The Morgan fingerprint density at radius 2 is 1.90 bits per heavy atom. The van der Waals surface area contributed by atoms with E-state index in [9.17, 15) is 14.9 Å². The summed E-state index contributed by atoms with van der Waals surface area (Å²) < 4.78 is 1.16. The Bertz CT molecular complexity index is 1010. The van der Waals surface area contributed by atoms with Crippen molar-refractivity contribution in [2.24, 2.45) is 0 Å². The SMILES string of the molecule is CCc1nn(CC(=O)N2CCN(Cc3cccc(C)c3)CC2)c(=O)c(C#N)c1CC. The zero-order valence-electron chi connectivity index (χ0n) is 18.0. The summed E-state index contributed by atoms with van der Waals surface area (Å²) >= 11 is 0. The molecule has 1 aromatic carbocycles. The highest BCUT2D eigenvalue weighted by molar-refractivity contribution is 5.76. The van der Waals surface area contributed by atoms with Crippen LogP contribution in [0.1, 0.15) is 41.8 Å². The molecule has 1 aliphatic heterocycles. The van der Waals surface area contributed by atoms with Gasteiger partial charge in [-0.1, -0.05) is 43.7 Å². The first-order valence-corrected chi connectivity index (χ1v) is 10.5. The van der Waals surface area contributed by atoms with Crippen molar-refractivity contribution in [2.45, 2.75) is 46.7 Å². The van der Waals surface area contributed by atoms with Crippen LogP contribution in [0.5, 0.6) is 0 Å². The van der Waals surface area contributed by atoms with Gasteiger partial charge in [0.05, 0.1) is 5.69 Å². The van der Waals surface area contributed by atoms with Crippen LogP contribution in [0.25, 0.3) is 0 Å². The lowest BCUT2D eigenvalue weighted by molar-refractivity contribution is -0.133. The van der Waals surface area contributed by atoms with Gasteiger partial charge in [-0.05, 0) is 30.9 Å². The molecule has 0 N–H and O–H groups in total. The molecule has 1 amide bonds. The first kappa shape index (κ1) is 21.7. The molecule has 2 aromatic rings. The van der Waals surface area contributed by atoms with Crippen molar-refractivity contribution in [1.29, 1.82) is 5.26 Å². The van der Waals surface area contributed by atoms with E-state index in [0.717, 1.165) is 24.3 Å². The normalized spacial score (nSPS) is 14.5. The van der Waals surface area contributed by atoms with E-state index < -0.39 is 5.56 Å². The molecule has 3 rings (SSSR count). The summed E-state index contributed by atoms with van der Waals surface area (Å²) in [6.45, 7) is 9.51. The lowest BCUT2D eigenvalue weighted by Gasteiger charge is -2.34. The second-order valence-corrected chi connectivity index (χ2v) is 7.73. The van der Waals surface area contributed by atoms with Crippen molar-refractivity contribution in [3.8, 4) is 6.07 Å². The third-order valence-electron chi connectivity index (χ3n) is 5.64. The first-order chi connectivity index (χ1) is 14.5. The van der Waals surface area contributed by atoms with Crippen molar-refractivity contribution < 1.29 is 4.79 Å². The van der Waals surface area contributed by atoms with E-state index in [4.69, 9.17) is 0 Å². The van der Waals surface area contributed by atoms with Crippen LogP contribution in [0.4, 0.5) is 0 Å². The number of piperazine rings is 1. The molecule has 2 heterocycles. The van der Waals surface area contributed by atoms with Crippen LogP contribution in [-0.4, -0.2) is 51.7 Å². The van der Waals surface area contributed by atoms with Crippen LogP contribution < -0.4 is 5.56 Å². The molecule has 0 aliphatic carbocycles. The van der Waals surface area contributed by atoms with Gasteiger partial charge >= 0.3 is 0 Å². The fourth-order valence-electron chi connectivity index (χ4n) is 3.99. The Balaban J connectivity index is 1.65. The molecule has 1 fully saturated rings. The molecule has 0 unspecified atom stereocenters. The monoisotopic (exact) mass is 407 g/mol. The lowest BCUT2D eigenvalue weighted by atomic mass is 10.0. The Hall–Kier alpha value is -2.98. The lowest BCUT2D eigenvalue weighted by Crippen LogP contribution is -2.50. The minimum atomic E-state index is -0.474. The van der Waals surface area contributed by atoms with Crippen LogP contribution >= 0.6 is 0 Å². The maximum absolute atomic E-state index is 12.8. The number of aryl methyl sites for hydroxylation is 2. The zero-order chi connectivity index (χ0) is 21.7. The van der Waals surface area contributed by atoms with Crippen molar-refractivity contribution in [2.75, 3.05) is 26.2 Å². The number of hydrogen-bond acceptors (Lipinski definition) is 5. The smallest absolute Gasteiger partial charge is 0.285 e. The van der Waals surface area contributed by atoms with Crippen LogP contribution in [-0.2, 0) is 30.7 Å². The quantitative estimate of drug-likeness (QED) is 0.730. The van der Waals surface area contributed by atoms with Crippen LogP contribution in [0.3, 0.4) is 0 Å². The fraction of sp³-hybridized carbons (Fsp3) is 0.478. The van der Waals surface area contributed by atoms with Gasteiger partial charge in [-0.3, -0.25) is 14.5 Å². The highest BCUT2D eigenvalue weighted by Gasteiger charge is 2.23. The third-order valence-corrected chi connectivity index (χ3v) is 5.64. The predicted octanol–water partition coefficient (Wildman–Crippen LogP) is 1.89. The molecule has 1 aliphatic rings. The second-order valence-electron chi connectivity index (χ2n) is 7.73. The van der Waals surface area contributed by atoms with E-state index in [2.05, 4.69) is 41.2 Å². The van der Waals surface area contributed by atoms with Gasteiger partial charge in [0.2, 0.25) is 5.91 Å². The van der Waals surface area contributed by atoms with E-state index in [1.165, 1.54) is 11.1 Å². The van der Waals surface area contributed by atoms with E-state index >= 15 is 0 Å². The molecular weight excluding hydrogens is 378 g/mol. The summed E-state index contributed by atoms with van der Waals surface area (Å²) in [6.07, 6.45) is 1.19. The van der Waals surface area contributed by atoms with Crippen LogP contribution in [0.15, 0.2) is 29.1 Å². The van der Waals surface area contributed by atoms with Crippen LogP contribution in [0.2, 0.25) is 0 Å². The fourth-order valence-corrected chi connectivity index (χ4v) is 3.99. The molecule has 7 heteroatoms. The van der Waals surface area contributed by atoms with Gasteiger partial charge in [0.1, 0.15) is 18.2 Å². The average Bonchev–Trinajstić information content (AvgIpc) is 2.75. The van der Waals surface area contributed by atoms with Crippen molar-refractivity contribution in [3.05, 3.63) is 62.6 Å². The Morgan fingerprint density at radius 3 is 2.50 bits per heavy atom. The average molecular weight is 408 g/mol. The Morgan fingerprint density at radius 1 is 1.17 bits per heavy atom. The van der Waals surface area contributed by atoms with Gasteiger partial charge in [0, 0.05) is 32.7 Å². The highest BCUT2D eigenvalue weighted by Crippen LogP contribution is 2.12. The molecule has 1 aromatic heterocycles. The molecule has 0 spiro atoms. The summed E-state index contributed by atoms with van der Waals surface area (Å²) in [5, 5.41) is 13.8. The molecule has 1 saturated heterocycles. The minimum Gasteiger partial charge on any atom is -0.339 e. The number of nitrogens with zero attached hydrogens (tertiary/aromatic N) is 5. The largest absolute Gasteiger partial charge is 0.339 e. The van der Waals surface area contributed by atoms with Gasteiger partial charge in [-0.2, -0.15) is 10.4 Å². The highest BCUT2D eigenvalue weighted by atomic mass is 16.2. The number of benzene rings is 1. The number of rotatable bonds is 6. The zero-order valence-corrected chi connectivity index (χ0v) is 18.0. The van der Waals surface area contributed by atoms with E-state index in [1.807, 2.05) is 19.9 Å². The van der Waals surface area contributed by atoms with E-state index in [0.29, 0.717) is 37.2 Å². The van der Waals surface area contributed by atoms with E-state index in [-0.39, 0.29) is 18.0 Å².